The Morgan fingerprint density at radius 3 is 2.58 bits per heavy atom. The molecule has 0 bridgehead atoms. The van der Waals surface area contributed by atoms with Gasteiger partial charge in [0, 0.05) is 23.2 Å². The maximum absolute atomic E-state index is 12.6. The Labute approximate surface area is 160 Å². The molecule has 8 heteroatoms. The predicted octanol–water partition coefficient (Wildman–Crippen LogP) is 2.55. The maximum atomic E-state index is 12.6. The number of nitrogens with zero attached hydrogens (tertiary/aromatic N) is 2. The maximum Gasteiger partial charge on any atom is 0.244 e. The summed E-state index contributed by atoms with van der Waals surface area (Å²) in [5.74, 6) is 2.58. The largest absolute Gasteiger partial charge is 0.325 e. The molecule has 1 amide bonds. The molecule has 138 valence electrons. The molecule has 7 nitrogen and oxygen atoms in total. The van der Waals surface area contributed by atoms with E-state index in [0.29, 0.717) is 17.7 Å². The SMILES string of the molecule is CC(C)C1NNC(C(=O)Nc2ccc(-c3n[nH]c(C4CC4)n3)cc2)C1Br. The van der Waals surface area contributed by atoms with Gasteiger partial charge in [-0.2, -0.15) is 5.10 Å². The average Bonchev–Trinajstić information content (AvgIpc) is 3.21. The van der Waals surface area contributed by atoms with E-state index in [1.165, 1.54) is 12.8 Å². The highest BCUT2D eigenvalue weighted by Gasteiger charge is 2.39. The van der Waals surface area contributed by atoms with Crippen LogP contribution in [0.25, 0.3) is 11.4 Å². The number of carbonyl (C=O) groups is 1. The van der Waals surface area contributed by atoms with E-state index < -0.39 is 0 Å². The van der Waals surface area contributed by atoms with Gasteiger partial charge in [0.25, 0.3) is 0 Å². The highest BCUT2D eigenvalue weighted by molar-refractivity contribution is 9.09. The van der Waals surface area contributed by atoms with Gasteiger partial charge in [-0.25, -0.2) is 10.4 Å². The Bertz CT molecular complexity index is 785. The van der Waals surface area contributed by atoms with Gasteiger partial charge < -0.3 is 5.32 Å². The van der Waals surface area contributed by atoms with Gasteiger partial charge in [0.2, 0.25) is 5.91 Å². The summed E-state index contributed by atoms with van der Waals surface area (Å²) in [7, 11) is 0. The summed E-state index contributed by atoms with van der Waals surface area (Å²) in [6, 6.07) is 7.50. The first kappa shape index (κ1) is 17.6. The smallest absolute Gasteiger partial charge is 0.244 e. The molecule has 0 spiro atoms. The van der Waals surface area contributed by atoms with E-state index in [2.05, 4.69) is 61.1 Å². The highest BCUT2D eigenvalue weighted by atomic mass is 79.9. The fourth-order valence-electron chi connectivity index (χ4n) is 3.16. The zero-order valence-electron chi connectivity index (χ0n) is 14.8. The average molecular weight is 419 g/mol. The molecule has 0 radical (unpaired) electrons. The minimum absolute atomic E-state index is 0.0378. The Balaban J connectivity index is 1.40. The number of H-pyrrole nitrogens is 1. The first-order valence-corrected chi connectivity index (χ1v) is 9.93. The van der Waals surface area contributed by atoms with Gasteiger partial charge in [-0.05, 0) is 43.0 Å². The molecule has 1 saturated carbocycles. The lowest BCUT2D eigenvalue weighted by atomic mass is 9.99. The summed E-state index contributed by atoms with van der Waals surface area (Å²) >= 11 is 3.64. The van der Waals surface area contributed by atoms with Gasteiger partial charge in [-0.15, -0.1) is 0 Å². The number of benzene rings is 1. The summed E-state index contributed by atoms with van der Waals surface area (Å²) < 4.78 is 0. The van der Waals surface area contributed by atoms with Gasteiger partial charge >= 0.3 is 0 Å². The van der Waals surface area contributed by atoms with E-state index in [-0.39, 0.29) is 22.8 Å². The molecule has 1 aliphatic heterocycles. The third-order valence-electron chi connectivity index (χ3n) is 4.95. The quantitative estimate of drug-likeness (QED) is 0.559. The number of hydrazine groups is 1. The third-order valence-corrected chi connectivity index (χ3v) is 6.04. The number of hydrogen-bond donors (Lipinski definition) is 4. The molecule has 3 unspecified atom stereocenters. The normalized spacial score (nSPS) is 25.6. The molecule has 1 aromatic carbocycles. The minimum Gasteiger partial charge on any atom is -0.325 e. The van der Waals surface area contributed by atoms with Crippen molar-refractivity contribution in [1.29, 1.82) is 0 Å². The van der Waals surface area contributed by atoms with Crippen molar-refractivity contribution in [2.45, 2.75) is 49.5 Å². The second kappa shape index (κ2) is 7.09. The van der Waals surface area contributed by atoms with Crippen molar-refractivity contribution in [2.75, 3.05) is 5.32 Å². The Morgan fingerprint density at radius 2 is 1.96 bits per heavy atom. The molecule has 2 heterocycles. The van der Waals surface area contributed by atoms with E-state index in [4.69, 9.17) is 0 Å². The van der Waals surface area contributed by atoms with Crippen LogP contribution in [0.1, 0.15) is 38.4 Å². The fraction of sp³-hybridized carbons (Fsp3) is 0.500. The minimum atomic E-state index is -0.323. The van der Waals surface area contributed by atoms with Gasteiger partial charge in [-0.3, -0.25) is 15.3 Å². The second-order valence-corrected chi connectivity index (χ2v) is 8.42. The second-order valence-electron chi connectivity index (χ2n) is 7.37. The number of carbonyl (C=O) groups excluding carboxylic acids is 1. The number of hydrogen-bond acceptors (Lipinski definition) is 5. The number of halogens is 1. The van der Waals surface area contributed by atoms with Crippen molar-refractivity contribution in [3.05, 3.63) is 30.1 Å². The summed E-state index contributed by atoms with van der Waals surface area (Å²) in [6.45, 7) is 4.26. The van der Waals surface area contributed by atoms with Crippen molar-refractivity contribution in [3.8, 4) is 11.4 Å². The van der Waals surface area contributed by atoms with Crippen LogP contribution < -0.4 is 16.2 Å². The lowest BCUT2D eigenvalue weighted by molar-refractivity contribution is -0.117. The molecule has 1 aliphatic carbocycles. The van der Waals surface area contributed by atoms with Crippen molar-refractivity contribution < 1.29 is 4.79 Å². The van der Waals surface area contributed by atoms with Gasteiger partial charge in [0.15, 0.2) is 5.82 Å². The number of rotatable bonds is 5. The van der Waals surface area contributed by atoms with E-state index >= 15 is 0 Å². The van der Waals surface area contributed by atoms with Crippen molar-refractivity contribution in [3.63, 3.8) is 0 Å². The zero-order chi connectivity index (χ0) is 18.3. The van der Waals surface area contributed by atoms with Crippen LogP contribution in [0.2, 0.25) is 0 Å². The summed E-state index contributed by atoms with van der Waals surface area (Å²) in [5.41, 5.74) is 7.96. The van der Waals surface area contributed by atoms with E-state index in [9.17, 15) is 4.79 Å². The van der Waals surface area contributed by atoms with Crippen LogP contribution in [0.4, 0.5) is 5.69 Å². The number of aromatic amines is 1. The number of anilines is 1. The Kier molecular flexibility index (Phi) is 4.81. The Hall–Kier alpha value is -1.77. The van der Waals surface area contributed by atoms with Crippen molar-refractivity contribution >= 4 is 27.5 Å². The van der Waals surface area contributed by atoms with Gasteiger partial charge in [0.05, 0.1) is 4.83 Å². The first-order valence-electron chi connectivity index (χ1n) is 9.01. The number of nitrogens with one attached hydrogen (secondary N) is 4. The number of alkyl halides is 1. The predicted molar refractivity (Wildman–Crippen MR) is 104 cm³/mol. The molecule has 2 fully saturated rings. The van der Waals surface area contributed by atoms with Crippen LogP contribution in [-0.2, 0) is 4.79 Å². The fourth-order valence-corrected chi connectivity index (χ4v) is 4.28. The molecule has 2 aromatic rings. The molecule has 4 N–H and O–H groups in total. The van der Waals surface area contributed by atoms with E-state index in [0.717, 1.165) is 17.1 Å². The van der Waals surface area contributed by atoms with Crippen molar-refractivity contribution in [2.24, 2.45) is 5.92 Å². The molecular weight excluding hydrogens is 396 g/mol. The van der Waals surface area contributed by atoms with Crippen LogP contribution in [-0.4, -0.2) is 38.0 Å². The molecule has 1 saturated heterocycles. The Morgan fingerprint density at radius 1 is 1.23 bits per heavy atom. The van der Waals surface area contributed by atoms with E-state index in [1.54, 1.807) is 0 Å². The molecule has 3 atom stereocenters. The van der Waals surface area contributed by atoms with Gasteiger partial charge in [0.1, 0.15) is 11.9 Å². The molecule has 1 aromatic heterocycles. The van der Waals surface area contributed by atoms with Crippen LogP contribution in [0.15, 0.2) is 24.3 Å². The zero-order valence-corrected chi connectivity index (χ0v) is 16.4. The van der Waals surface area contributed by atoms with Gasteiger partial charge in [-0.1, -0.05) is 29.8 Å². The molecule has 26 heavy (non-hydrogen) atoms. The van der Waals surface area contributed by atoms with Crippen molar-refractivity contribution in [1.82, 2.24) is 26.0 Å². The number of aromatic nitrogens is 3. The van der Waals surface area contributed by atoms with Crippen LogP contribution in [0.3, 0.4) is 0 Å². The summed E-state index contributed by atoms with van der Waals surface area (Å²) in [4.78, 5) is 17.2. The summed E-state index contributed by atoms with van der Waals surface area (Å²) in [5, 5.41) is 10.3. The molecule has 4 rings (SSSR count). The van der Waals surface area contributed by atoms with Crippen LogP contribution >= 0.6 is 15.9 Å². The molecular formula is C18H23BrN6O. The van der Waals surface area contributed by atoms with E-state index in [1.807, 2.05) is 24.3 Å². The summed E-state index contributed by atoms with van der Waals surface area (Å²) in [6.07, 6.45) is 2.38. The first-order chi connectivity index (χ1) is 12.5. The monoisotopic (exact) mass is 418 g/mol. The number of amides is 1. The lowest BCUT2D eigenvalue weighted by Gasteiger charge is -2.19. The van der Waals surface area contributed by atoms with Crippen LogP contribution in [0, 0.1) is 5.92 Å². The van der Waals surface area contributed by atoms with Crippen LogP contribution in [0.5, 0.6) is 0 Å². The topological polar surface area (TPSA) is 94.7 Å². The molecule has 2 aliphatic rings. The highest BCUT2D eigenvalue weighted by Crippen LogP contribution is 2.38. The lowest BCUT2D eigenvalue weighted by Crippen LogP contribution is -2.42. The standard InChI is InChI=1S/C18H23BrN6O/c1-9(2)14-13(19)15(23-22-14)18(26)20-12-7-5-11(6-8-12)17-21-16(24-25-17)10-3-4-10/h5-10,13-15,22-23H,3-4H2,1-2H3,(H,20,26)(H,21,24,25). The third kappa shape index (κ3) is 3.54.